The molecule has 0 amide bonds. The van der Waals surface area contributed by atoms with Gasteiger partial charge in [-0.05, 0) is 34.0 Å². The molecule has 0 aliphatic carbocycles. The normalized spacial score (nSPS) is 17.5. The van der Waals surface area contributed by atoms with Gasteiger partial charge in [0.1, 0.15) is 0 Å². The predicted octanol–water partition coefficient (Wildman–Crippen LogP) is 2.90. The number of hydrogen-bond donors (Lipinski definition) is 1. The molecule has 3 rings (SSSR count). The summed E-state index contributed by atoms with van der Waals surface area (Å²) < 4.78 is 0. The van der Waals surface area contributed by atoms with Gasteiger partial charge in [-0.25, -0.2) is 0 Å². The zero-order chi connectivity index (χ0) is 11.7. The van der Waals surface area contributed by atoms with E-state index in [2.05, 4.69) is 11.4 Å². The minimum Gasteiger partial charge on any atom is -0.375 e. The van der Waals surface area contributed by atoms with Crippen LogP contribution in [0.3, 0.4) is 0 Å². The Labute approximate surface area is 104 Å². The van der Waals surface area contributed by atoms with Gasteiger partial charge >= 0.3 is 0 Å². The van der Waals surface area contributed by atoms with Crippen molar-refractivity contribution in [3.63, 3.8) is 0 Å². The first-order valence-electron chi connectivity index (χ1n) is 5.71. The van der Waals surface area contributed by atoms with E-state index in [0.717, 1.165) is 17.7 Å². The molecule has 2 aromatic rings. The molecule has 0 spiro atoms. The van der Waals surface area contributed by atoms with Gasteiger partial charge in [0.05, 0.1) is 6.04 Å². The van der Waals surface area contributed by atoms with E-state index in [-0.39, 0.29) is 11.8 Å². The van der Waals surface area contributed by atoms with Gasteiger partial charge in [-0.3, -0.25) is 4.79 Å². The molecular weight excluding hydrogens is 230 g/mol. The molecule has 1 unspecified atom stereocenters. The monoisotopic (exact) mass is 243 g/mol. The van der Waals surface area contributed by atoms with E-state index < -0.39 is 0 Å². The van der Waals surface area contributed by atoms with Gasteiger partial charge in [0.15, 0.2) is 5.78 Å². The number of thiophene rings is 1. The zero-order valence-electron chi connectivity index (χ0n) is 9.35. The highest BCUT2D eigenvalue weighted by Crippen LogP contribution is 2.26. The minimum atomic E-state index is -0.0488. The van der Waals surface area contributed by atoms with E-state index in [1.165, 1.54) is 5.56 Å². The van der Waals surface area contributed by atoms with Gasteiger partial charge < -0.3 is 5.32 Å². The number of nitrogens with one attached hydrogen (secondary N) is 1. The fraction of sp³-hybridized carbons (Fsp3) is 0.214. The third-order valence-electron chi connectivity index (χ3n) is 3.12. The van der Waals surface area contributed by atoms with Crippen molar-refractivity contribution in [3.8, 4) is 0 Å². The fourth-order valence-electron chi connectivity index (χ4n) is 2.21. The van der Waals surface area contributed by atoms with E-state index in [4.69, 9.17) is 0 Å². The highest BCUT2D eigenvalue weighted by Gasteiger charge is 2.25. The molecule has 17 heavy (non-hydrogen) atoms. The first-order valence-corrected chi connectivity index (χ1v) is 6.65. The summed E-state index contributed by atoms with van der Waals surface area (Å²) in [5.74, 6) is 0.277. The molecule has 1 aromatic carbocycles. The molecule has 0 radical (unpaired) electrons. The smallest absolute Gasteiger partial charge is 0.159 e. The molecule has 2 nitrogen and oxygen atoms in total. The number of Topliss-reactive ketones (excluding diaryl/α,β-unsaturated/α-hetero) is 1. The predicted molar refractivity (Wildman–Crippen MR) is 70.6 cm³/mol. The number of fused-ring (bicyclic) bond motifs is 1. The minimum absolute atomic E-state index is 0.0488. The second-order valence-electron chi connectivity index (χ2n) is 4.33. The molecule has 1 aliphatic rings. The largest absolute Gasteiger partial charge is 0.375 e. The Morgan fingerprint density at radius 1 is 1.35 bits per heavy atom. The van der Waals surface area contributed by atoms with Crippen molar-refractivity contribution >= 4 is 22.8 Å². The van der Waals surface area contributed by atoms with Crippen LogP contribution in [-0.2, 0) is 17.6 Å². The molecule has 1 N–H and O–H groups in total. The highest BCUT2D eigenvalue weighted by atomic mass is 32.1. The van der Waals surface area contributed by atoms with Crippen molar-refractivity contribution in [2.24, 2.45) is 0 Å². The summed E-state index contributed by atoms with van der Waals surface area (Å²) in [5, 5.41) is 7.36. The molecule has 1 aliphatic heterocycles. The van der Waals surface area contributed by atoms with E-state index in [0.29, 0.717) is 6.42 Å². The number of benzene rings is 1. The van der Waals surface area contributed by atoms with Crippen LogP contribution in [-0.4, -0.2) is 11.8 Å². The van der Waals surface area contributed by atoms with E-state index >= 15 is 0 Å². The summed E-state index contributed by atoms with van der Waals surface area (Å²) in [6.45, 7) is 0. The molecule has 0 saturated carbocycles. The molecule has 1 aromatic heterocycles. The van der Waals surface area contributed by atoms with Gasteiger partial charge in [-0.1, -0.05) is 18.2 Å². The number of ketones is 1. The summed E-state index contributed by atoms with van der Waals surface area (Å²) in [5.41, 5.74) is 3.48. The molecule has 0 fully saturated rings. The average Bonchev–Trinajstić information content (AvgIpc) is 2.96. The molecule has 2 heterocycles. The summed E-state index contributed by atoms with van der Waals surface area (Å²) in [7, 11) is 0. The van der Waals surface area contributed by atoms with Crippen molar-refractivity contribution in [1.29, 1.82) is 0 Å². The molecule has 86 valence electrons. The van der Waals surface area contributed by atoms with Crippen LogP contribution < -0.4 is 5.32 Å². The number of rotatable bonds is 3. The van der Waals surface area contributed by atoms with Crippen molar-refractivity contribution in [3.05, 3.63) is 52.2 Å². The van der Waals surface area contributed by atoms with Crippen molar-refractivity contribution < 1.29 is 4.79 Å². The van der Waals surface area contributed by atoms with E-state index in [1.807, 2.05) is 35.0 Å². The second-order valence-corrected chi connectivity index (χ2v) is 5.11. The van der Waals surface area contributed by atoms with Crippen molar-refractivity contribution in [1.82, 2.24) is 0 Å². The molecule has 3 heteroatoms. The van der Waals surface area contributed by atoms with Gasteiger partial charge in [0, 0.05) is 18.5 Å². The first-order chi connectivity index (χ1) is 8.33. The van der Waals surface area contributed by atoms with Gasteiger partial charge in [0.2, 0.25) is 0 Å². The van der Waals surface area contributed by atoms with Crippen LogP contribution in [0.1, 0.15) is 11.1 Å². The fourth-order valence-corrected chi connectivity index (χ4v) is 2.88. The Hall–Kier alpha value is -1.61. The van der Waals surface area contributed by atoms with Crippen LogP contribution in [0.25, 0.3) is 0 Å². The number of carbonyl (C=O) groups is 1. The van der Waals surface area contributed by atoms with Crippen LogP contribution >= 0.6 is 11.3 Å². The van der Waals surface area contributed by atoms with Crippen LogP contribution in [0, 0.1) is 0 Å². The lowest BCUT2D eigenvalue weighted by molar-refractivity contribution is -0.119. The highest BCUT2D eigenvalue weighted by molar-refractivity contribution is 7.08. The van der Waals surface area contributed by atoms with Crippen LogP contribution in [0.2, 0.25) is 0 Å². The van der Waals surface area contributed by atoms with Crippen LogP contribution in [0.4, 0.5) is 5.69 Å². The van der Waals surface area contributed by atoms with Crippen LogP contribution in [0.15, 0.2) is 41.1 Å². The molecule has 0 bridgehead atoms. The molecular formula is C14H13NOS. The molecule has 1 atom stereocenters. The lowest BCUT2D eigenvalue weighted by atomic mass is 10.0. The second kappa shape index (κ2) is 4.34. The number of para-hydroxylation sites is 1. The van der Waals surface area contributed by atoms with Crippen molar-refractivity contribution in [2.45, 2.75) is 18.9 Å². The number of anilines is 1. The van der Waals surface area contributed by atoms with Gasteiger partial charge in [0.25, 0.3) is 0 Å². The summed E-state index contributed by atoms with van der Waals surface area (Å²) in [4.78, 5) is 12.1. The summed E-state index contributed by atoms with van der Waals surface area (Å²) >= 11 is 1.64. The third-order valence-corrected chi connectivity index (χ3v) is 3.85. The topological polar surface area (TPSA) is 29.1 Å². The molecule has 0 saturated heterocycles. The standard InChI is InChI=1S/C14H13NOS/c16-14(7-10-5-6-17-9-10)13-8-11-3-1-2-4-12(11)15-13/h1-6,9,13,15H,7-8H2. The van der Waals surface area contributed by atoms with E-state index in [1.54, 1.807) is 11.3 Å². The Morgan fingerprint density at radius 2 is 2.24 bits per heavy atom. The Balaban J connectivity index is 1.70. The number of carbonyl (C=O) groups excluding carboxylic acids is 1. The maximum absolute atomic E-state index is 12.1. The maximum Gasteiger partial charge on any atom is 0.159 e. The third kappa shape index (κ3) is 2.11. The quantitative estimate of drug-likeness (QED) is 0.898. The number of hydrogen-bond acceptors (Lipinski definition) is 3. The van der Waals surface area contributed by atoms with Crippen LogP contribution in [0.5, 0.6) is 0 Å². The van der Waals surface area contributed by atoms with Crippen molar-refractivity contribution in [2.75, 3.05) is 5.32 Å². The van der Waals surface area contributed by atoms with Gasteiger partial charge in [-0.15, -0.1) is 0 Å². The summed E-state index contributed by atoms with van der Waals surface area (Å²) in [6, 6.07) is 10.1. The lowest BCUT2D eigenvalue weighted by Gasteiger charge is -2.09. The first kappa shape index (κ1) is 10.5. The Morgan fingerprint density at radius 3 is 3.00 bits per heavy atom. The zero-order valence-corrected chi connectivity index (χ0v) is 10.2. The van der Waals surface area contributed by atoms with E-state index in [9.17, 15) is 4.79 Å². The maximum atomic E-state index is 12.1. The lowest BCUT2D eigenvalue weighted by Crippen LogP contribution is -2.28. The Kier molecular flexibility index (Phi) is 2.69. The average molecular weight is 243 g/mol. The van der Waals surface area contributed by atoms with Gasteiger partial charge in [-0.2, -0.15) is 11.3 Å². The Bertz CT molecular complexity index is 508. The SMILES string of the molecule is O=C(Cc1ccsc1)C1Cc2ccccc2N1. The summed E-state index contributed by atoms with van der Waals surface area (Å²) in [6.07, 6.45) is 1.36.